The first-order valence-corrected chi connectivity index (χ1v) is 44.4. The molecule has 0 unspecified atom stereocenters. The summed E-state index contributed by atoms with van der Waals surface area (Å²) in [5, 5.41) is 9.38. The molecule has 124 heavy (non-hydrogen) atoms. The van der Waals surface area contributed by atoms with Crippen molar-refractivity contribution in [3.8, 4) is 135 Å². The highest BCUT2D eigenvalue weighted by Crippen LogP contribution is 2.46. The van der Waals surface area contributed by atoms with Crippen LogP contribution in [-0.4, -0.2) is 39.9 Å². The molecule has 0 N–H and O–H groups in total. The summed E-state index contributed by atoms with van der Waals surface area (Å²) in [7, 11) is 0. The van der Waals surface area contributed by atoms with Gasteiger partial charge in [0.15, 0.2) is 23.3 Å². The fraction of sp³-hybridized carbons (Fsp3) is 0. The average molecular weight is 1660 g/mol. The van der Waals surface area contributed by atoms with Crippen LogP contribution in [0.2, 0.25) is 0 Å². The zero-order chi connectivity index (χ0) is 82.5. The monoisotopic (exact) mass is 1660 g/mol. The van der Waals surface area contributed by atoms with Gasteiger partial charge in [0.05, 0.1) is 22.8 Å². The van der Waals surface area contributed by atoms with Crippen molar-refractivity contribution in [1.29, 1.82) is 0 Å². The fourth-order valence-corrected chi connectivity index (χ4v) is 20.4. The van der Waals surface area contributed by atoms with E-state index in [9.17, 15) is 0 Å². The van der Waals surface area contributed by atoms with Gasteiger partial charge >= 0.3 is 0 Å². The standard InChI is InChI=1S/4C28H18N2S/c1-3-10-19(11-4-1)21-14-9-15-22(18-21)26-25-23-16-7-8-17-24(23)31-28(25)30-27(29-26)20-12-5-2-6-13-20;1-3-10-19(11-4-1)21-14-9-15-22(18-21)27-29-26(20-12-5-2-6-13-20)25-23-16-7-8-17-24(23)31-28(25)30-27;1-3-9-19(10-4-1)20-15-17-21(18-16-20)26-25-23-13-7-8-14-24(23)31-28(25)30-27(29-26)22-11-5-2-6-12-22;1-3-9-19(10-4-1)20-15-17-22(18-16-20)27-29-26(21-11-5-2-6-12-21)25-23-13-7-8-14-24(23)31-28(25)30-27/h4*1-18H. The maximum atomic E-state index is 5.09. The summed E-state index contributed by atoms with van der Waals surface area (Å²) in [5.74, 6) is 3.05. The molecule has 0 radical (unpaired) electrons. The van der Waals surface area contributed by atoms with Crippen LogP contribution < -0.4 is 0 Å². The highest BCUT2D eigenvalue weighted by Gasteiger charge is 2.23. The van der Waals surface area contributed by atoms with Gasteiger partial charge in [-0.1, -0.05) is 400 Å². The second-order valence-corrected chi connectivity index (χ2v) is 34.1. The van der Waals surface area contributed by atoms with Crippen LogP contribution in [0.3, 0.4) is 0 Å². The average Bonchev–Trinajstić information content (AvgIpc) is 1.59. The number of rotatable bonds is 12. The highest BCUT2D eigenvalue weighted by molar-refractivity contribution is 7.26. The number of nitrogens with zero attached hydrogens (tertiary/aromatic N) is 8. The van der Waals surface area contributed by atoms with E-state index in [2.05, 4.69) is 364 Å². The molecule has 8 nitrogen and oxygen atoms in total. The molecule has 0 saturated carbocycles. The Bertz CT molecular complexity index is 7920. The van der Waals surface area contributed by atoms with Crippen molar-refractivity contribution < 1.29 is 0 Å². The van der Waals surface area contributed by atoms with Gasteiger partial charge in [0.2, 0.25) is 0 Å². The molecule has 584 valence electrons. The van der Waals surface area contributed by atoms with E-state index >= 15 is 0 Å². The number of fused-ring (bicyclic) bond motifs is 12. The van der Waals surface area contributed by atoms with Crippen LogP contribution in [0.5, 0.6) is 0 Å². The van der Waals surface area contributed by atoms with Crippen molar-refractivity contribution in [1.82, 2.24) is 39.9 Å². The Morgan fingerprint density at radius 3 is 0.629 bits per heavy atom. The van der Waals surface area contributed by atoms with Gasteiger partial charge in [-0.25, -0.2) is 39.9 Å². The molecule has 24 rings (SSSR count). The van der Waals surface area contributed by atoms with Gasteiger partial charge in [0, 0.05) is 106 Å². The Kier molecular flexibility index (Phi) is 21.2. The summed E-state index contributed by atoms with van der Waals surface area (Å²) in [6.07, 6.45) is 0. The van der Waals surface area contributed by atoms with E-state index in [1.165, 1.54) is 84.9 Å². The topological polar surface area (TPSA) is 103 Å². The Balaban J connectivity index is 0.000000101. The molecular formula is C112H72N8S4. The van der Waals surface area contributed by atoms with Gasteiger partial charge in [-0.2, -0.15) is 0 Å². The maximum absolute atomic E-state index is 5.09. The predicted molar refractivity (Wildman–Crippen MR) is 525 cm³/mol. The number of benzene rings is 16. The van der Waals surface area contributed by atoms with E-state index in [0.29, 0.717) is 0 Å². The van der Waals surface area contributed by atoms with Crippen molar-refractivity contribution in [3.05, 3.63) is 437 Å². The van der Waals surface area contributed by atoms with Crippen LogP contribution in [0.15, 0.2) is 437 Å². The first-order valence-electron chi connectivity index (χ1n) is 41.1. The molecule has 0 saturated heterocycles. The van der Waals surface area contributed by atoms with Gasteiger partial charge in [-0.15, -0.1) is 45.3 Å². The number of thiophene rings is 4. The molecule has 8 heterocycles. The molecule has 8 aromatic heterocycles. The molecule has 0 spiro atoms. The molecular weight excluding hydrogens is 1590 g/mol. The molecule has 16 aromatic carbocycles. The first kappa shape index (κ1) is 76.1. The Morgan fingerprint density at radius 2 is 0.315 bits per heavy atom. The van der Waals surface area contributed by atoms with Crippen LogP contribution in [0, 0.1) is 0 Å². The predicted octanol–water partition coefficient (Wildman–Crippen LogP) is 31.4. The van der Waals surface area contributed by atoms with Crippen LogP contribution in [-0.2, 0) is 0 Å². The lowest BCUT2D eigenvalue weighted by atomic mass is 9.99. The summed E-state index contributed by atoms with van der Waals surface area (Å²) >= 11 is 6.91. The molecule has 0 bridgehead atoms. The minimum atomic E-state index is 0.760. The van der Waals surface area contributed by atoms with Crippen molar-refractivity contribution >= 4 is 127 Å². The lowest BCUT2D eigenvalue weighted by Gasteiger charge is -2.09. The van der Waals surface area contributed by atoms with Crippen molar-refractivity contribution in [2.75, 3.05) is 0 Å². The Morgan fingerprint density at radius 1 is 0.129 bits per heavy atom. The minimum Gasteiger partial charge on any atom is -0.227 e. The third-order valence-electron chi connectivity index (χ3n) is 22.1. The van der Waals surface area contributed by atoms with Gasteiger partial charge in [-0.05, 0) is 80.9 Å². The molecule has 12 heteroatoms. The van der Waals surface area contributed by atoms with E-state index in [1.807, 2.05) is 72.8 Å². The van der Waals surface area contributed by atoms with Crippen LogP contribution in [0.4, 0.5) is 0 Å². The van der Waals surface area contributed by atoms with E-state index in [0.717, 1.165) is 131 Å². The molecule has 0 amide bonds. The third kappa shape index (κ3) is 15.6. The smallest absolute Gasteiger partial charge is 0.161 e. The van der Waals surface area contributed by atoms with E-state index in [4.69, 9.17) is 39.9 Å². The molecule has 0 aliphatic heterocycles. The van der Waals surface area contributed by atoms with E-state index < -0.39 is 0 Å². The van der Waals surface area contributed by atoms with Crippen molar-refractivity contribution in [2.24, 2.45) is 0 Å². The van der Waals surface area contributed by atoms with Crippen LogP contribution >= 0.6 is 45.3 Å². The molecule has 0 atom stereocenters. The second-order valence-electron chi connectivity index (χ2n) is 29.9. The Hall–Kier alpha value is -15.3. The summed E-state index contributed by atoms with van der Waals surface area (Å²) in [5.41, 5.74) is 22.1. The normalized spacial score (nSPS) is 11.2. The quantitative estimate of drug-likeness (QED) is 0.119. The number of hydrogen-bond donors (Lipinski definition) is 0. The summed E-state index contributed by atoms with van der Waals surface area (Å²) in [6.45, 7) is 0. The van der Waals surface area contributed by atoms with Crippen molar-refractivity contribution in [2.45, 2.75) is 0 Å². The van der Waals surface area contributed by atoms with E-state index in [1.54, 1.807) is 45.3 Å². The molecule has 24 aromatic rings. The lowest BCUT2D eigenvalue weighted by molar-refractivity contribution is 1.24. The summed E-state index contributed by atoms with van der Waals surface area (Å²) in [4.78, 5) is 44.3. The number of aromatic nitrogens is 8. The molecule has 0 fully saturated rings. The SMILES string of the molecule is c1ccc(-c2ccc(-c3nc(-c4ccccc4)c4c(n3)sc3ccccc34)cc2)cc1.c1ccc(-c2ccc(-c3nc(-c4ccccc4)nc4sc5ccccc5c34)cc2)cc1.c1ccc(-c2cccc(-c3nc(-c4ccccc4)c4c(n3)sc3ccccc34)c2)cc1.c1ccc(-c2cccc(-c3nc(-c4ccccc4)nc4sc5ccccc5c34)c2)cc1. The van der Waals surface area contributed by atoms with Gasteiger partial charge in [0.25, 0.3) is 0 Å². The third-order valence-corrected chi connectivity index (χ3v) is 26.4. The minimum absolute atomic E-state index is 0.760. The van der Waals surface area contributed by atoms with Crippen LogP contribution in [0.25, 0.3) is 216 Å². The summed E-state index contributed by atoms with van der Waals surface area (Å²) < 4.78 is 4.94. The van der Waals surface area contributed by atoms with Crippen LogP contribution in [0.1, 0.15) is 0 Å². The molecule has 0 aliphatic carbocycles. The Labute approximate surface area is 732 Å². The molecule has 0 aliphatic rings. The number of hydrogen-bond acceptors (Lipinski definition) is 12. The zero-order valence-electron chi connectivity index (χ0n) is 66.8. The lowest BCUT2D eigenvalue weighted by Crippen LogP contribution is -1.93. The van der Waals surface area contributed by atoms with Gasteiger partial charge < -0.3 is 0 Å². The fourth-order valence-electron chi connectivity index (χ4n) is 16.0. The second kappa shape index (κ2) is 34.4. The van der Waals surface area contributed by atoms with Gasteiger partial charge in [0.1, 0.15) is 19.3 Å². The largest absolute Gasteiger partial charge is 0.227 e. The van der Waals surface area contributed by atoms with Gasteiger partial charge in [-0.3, -0.25) is 0 Å². The zero-order valence-corrected chi connectivity index (χ0v) is 70.0. The first-order chi connectivity index (χ1) is 61.5. The van der Waals surface area contributed by atoms with Crippen molar-refractivity contribution in [3.63, 3.8) is 0 Å². The summed E-state index contributed by atoms with van der Waals surface area (Å²) in [6, 6.07) is 151. The maximum Gasteiger partial charge on any atom is 0.161 e. The van der Waals surface area contributed by atoms with E-state index in [-0.39, 0.29) is 0 Å². The highest BCUT2D eigenvalue weighted by atomic mass is 32.1.